The number of anilines is 6. The van der Waals surface area contributed by atoms with Crippen LogP contribution < -0.4 is 26.2 Å². The van der Waals surface area contributed by atoms with Crippen molar-refractivity contribution in [1.29, 1.82) is 0 Å². The van der Waals surface area contributed by atoms with E-state index in [2.05, 4.69) is 258 Å². The average molecular weight is 897 g/mol. The zero-order valence-electron chi connectivity index (χ0n) is 43.0. The smallest absolute Gasteiger partial charge is 0.252 e. The van der Waals surface area contributed by atoms with Gasteiger partial charge in [-0.2, -0.15) is 0 Å². The molecule has 2 aliphatic heterocycles. The molecule has 2 heterocycles. The molecule has 0 saturated heterocycles. The molecule has 0 aromatic heterocycles. The van der Waals surface area contributed by atoms with Crippen molar-refractivity contribution in [2.75, 3.05) is 9.80 Å². The summed E-state index contributed by atoms with van der Waals surface area (Å²) in [5.74, 6) is 0. The van der Waals surface area contributed by atoms with Crippen LogP contribution in [0.4, 0.5) is 34.1 Å². The molecule has 0 spiro atoms. The van der Waals surface area contributed by atoms with E-state index in [1.54, 1.807) is 0 Å². The van der Waals surface area contributed by atoms with Gasteiger partial charge in [0.15, 0.2) is 0 Å². The Morgan fingerprint density at radius 2 is 0.884 bits per heavy atom. The Labute approximate surface area is 412 Å². The third kappa shape index (κ3) is 6.38. The Balaban J connectivity index is 1.16. The van der Waals surface area contributed by atoms with E-state index in [4.69, 9.17) is 0 Å². The first-order valence-corrected chi connectivity index (χ1v) is 25.3. The minimum absolute atomic E-state index is 0.0126. The maximum atomic E-state index is 2.65. The molecule has 69 heavy (non-hydrogen) atoms. The summed E-state index contributed by atoms with van der Waals surface area (Å²) in [6, 6.07) is 61.7. The van der Waals surface area contributed by atoms with Gasteiger partial charge in [-0.1, -0.05) is 199 Å². The molecule has 0 amide bonds. The van der Waals surface area contributed by atoms with Gasteiger partial charge in [-0.05, 0) is 153 Å². The predicted octanol–water partition coefficient (Wildman–Crippen LogP) is 15.9. The van der Waals surface area contributed by atoms with E-state index in [0.29, 0.717) is 0 Å². The largest absolute Gasteiger partial charge is 0.311 e. The topological polar surface area (TPSA) is 6.48 Å². The maximum absolute atomic E-state index is 2.65. The molecule has 342 valence electrons. The Morgan fingerprint density at radius 3 is 1.54 bits per heavy atom. The zero-order chi connectivity index (χ0) is 48.3. The van der Waals surface area contributed by atoms with Crippen molar-refractivity contribution in [3.63, 3.8) is 0 Å². The summed E-state index contributed by atoms with van der Waals surface area (Å²) in [6.07, 6.45) is 0. The van der Waals surface area contributed by atoms with Crippen molar-refractivity contribution in [1.82, 2.24) is 0 Å². The van der Waals surface area contributed by atoms with E-state index in [1.807, 2.05) is 0 Å². The highest BCUT2D eigenvalue weighted by molar-refractivity contribution is 7.00. The fraction of sp³-hybridized carbons (Fsp3) is 0.273. The van der Waals surface area contributed by atoms with Gasteiger partial charge in [0.05, 0.1) is 0 Å². The molecule has 0 unspecified atom stereocenters. The average Bonchev–Trinajstić information content (AvgIpc) is 3.69. The van der Waals surface area contributed by atoms with Gasteiger partial charge in [0, 0.05) is 45.0 Å². The molecule has 8 aromatic carbocycles. The second-order valence-electron chi connectivity index (χ2n) is 24.7. The van der Waals surface area contributed by atoms with Crippen LogP contribution in [0.15, 0.2) is 158 Å². The molecule has 12 rings (SSSR count). The number of nitrogens with zero attached hydrogens (tertiary/aromatic N) is 2. The van der Waals surface area contributed by atoms with Gasteiger partial charge in [-0.15, -0.1) is 0 Å². The van der Waals surface area contributed by atoms with Gasteiger partial charge >= 0.3 is 0 Å². The van der Waals surface area contributed by atoms with Crippen LogP contribution in [0.1, 0.15) is 129 Å². The number of hydrogen-bond acceptors (Lipinski definition) is 2. The Morgan fingerprint density at radius 1 is 0.362 bits per heavy atom. The van der Waals surface area contributed by atoms with Crippen molar-refractivity contribution in [3.8, 4) is 33.4 Å². The SMILES string of the molecule is CC(C)(C)c1ccc(N2c3ccc(-c4cccc5c4C(C)(C)c4ccccc4-5)cc3B3c4ccc(C(C)(C)C)cc4N(c4ccc5c(c4)C(C)(C)c4ccccc4-5)c4cc(C(C)(C)C)cc2c43)cc1. The zero-order valence-corrected chi connectivity index (χ0v) is 43.0. The molecule has 0 atom stereocenters. The van der Waals surface area contributed by atoms with Gasteiger partial charge in [0.25, 0.3) is 6.71 Å². The van der Waals surface area contributed by atoms with E-state index in [1.165, 1.54) is 123 Å². The van der Waals surface area contributed by atoms with E-state index in [9.17, 15) is 0 Å². The summed E-state index contributed by atoms with van der Waals surface area (Å²) in [7, 11) is 0. The molecule has 8 aromatic rings. The van der Waals surface area contributed by atoms with Crippen LogP contribution in [-0.4, -0.2) is 6.71 Å². The Bertz CT molecular complexity index is 3450. The summed E-state index contributed by atoms with van der Waals surface area (Å²) in [5.41, 5.74) is 28.6. The van der Waals surface area contributed by atoms with Crippen molar-refractivity contribution >= 4 is 57.2 Å². The Kier molecular flexibility index (Phi) is 9.17. The maximum Gasteiger partial charge on any atom is 0.252 e. The molecule has 0 radical (unpaired) electrons. The predicted molar refractivity (Wildman–Crippen MR) is 297 cm³/mol. The van der Waals surface area contributed by atoms with Crippen molar-refractivity contribution in [2.45, 2.75) is 117 Å². The highest BCUT2D eigenvalue weighted by Crippen LogP contribution is 2.54. The summed E-state index contributed by atoms with van der Waals surface area (Å²) in [4.78, 5) is 5.24. The van der Waals surface area contributed by atoms with Gasteiger partial charge < -0.3 is 9.80 Å². The number of benzene rings is 8. The highest BCUT2D eigenvalue weighted by atomic mass is 15.2. The van der Waals surface area contributed by atoms with Gasteiger partial charge in [-0.3, -0.25) is 0 Å². The van der Waals surface area contributed by atoms with Crippen LogP contribution in [0.25, 0.3) is 33.4 Å². The summed E-state index contributed by atoms with van der Waals surface area (Å²) in [6.45, 7) is 30.7. The second kappa shape index (κ2) is 14.5. The molecule has 2 nitrogen and oxygen atoms in total. The third-order valence-corrected chi connectivity index (χ3v) is 16.5. The molecule has 2 aliphatic carbocycles. The monoisotopic (exact) mass is 897 g/mol. The van der Waals surface area contributed by atoms with Gasteiger partial charge in [0.2, 0.25) is 0 Å². The number of rotatable bonds is 3. The molecule has 0 fully saturated rings. The lowest BCUT2D eigenvalue weighted by Gasteiger charge is -2.45. The van der Waals surface area contributed by atoms with E-state index in [0.717, 1.165) is 0 Å². The standard InChI is InChI=1S/C66H65BN2/c1-62(2,3)41-26-29-44(30-27-41)68-56-34-25-40(46-21-18-22-50-48-20-15-17-24-52(48)66(12,13)60(46)50)35-55(56)67-54-33-28-42(63(4,5)6)36-57(54)69(59-38-43(64(7,8)9)37-58(68)61(59)67)45-31-32-49-47-19-14-16-23-51(47)65(10,11)53(49)39-45/h14-39H,1-13H3. The summed E-state index contributed by atoms with van der Waals surface area (Å²) < 4.78 is 0. The second-order valence-corrected chi connectivity index (χ2v) is 24.7. The first-order chi connectivity index (χ1) is 32.6. The van der Waals surface area contributed by atoms with E-state index >= 15 is 0 Å². The molecule has 4 aliphatic rings. The first kappa shape index (κ1) is 43.7. The van der Waals surface area contributed by atoms with Gasteiger partial charge in [-0.25, -0.2) is 0 Å². The summed E-state index contributed by atoms with van der Waals surface area (Å²) in [5, 5.41) is 0. The van der Waals surface area contributed by atoms with Crippen molar-refractivity contribution < 1.29 is 0 Å². The number of fused-ring (bicyclic) bond motifs is 10. The quantitative estimate of drug-likeness (QED) is 0.163. The fourth-order valence-electron chi connectivity index (χ4n) is 12.7. The van der Waals surface area contributed by atoms with Crippen LogP contribution in [0, 0.1) is 0 Å². The normalized spacial score (nSPS) is 15.8. The highest BCUT2D eigenvalue weighted by Gasteiger charge is 2.46. The van der Waals surface area contributed by atoms with Crippen molar-refractivity contribution in [3.05, 3.63) is 197 Å². The summed E-state index contributed by atoms with van der Waals surface area (Å²) >= 11 is 0. The molecule has 0 N–H and O–H groups in total. The minimum atomic E-state index is -0.143. The number of hydrogen-bond donors (Lipinski definition) is 0. The van der Waals surface area contributed by atoms with E-state index < -0.39 is 0 Å². The van der Waals surface area contributed by atoms with Crippen LogP contribution in [-0.2, 0) is 27.1 Å². The molecule has 0 saturated carbocycles. The fourth-order valence-corrected chi connectivity index (χ4v) is 12.7. The third-order valence-electron chi connectivity index (χ3n) is 16.5. The lowest BCUT2D eigenvalue weighted by molar-refractivity contribution is 0.589. The van der Waals surface area contributed by atoms with Crippen LogP contribution in [0.2, 0.25) is 0 Å². The van der Waals surface area contributed by atoms with Crippen LogP contribution in [0.3, 0.4) is 0 Å². The lowest BCUT2D eigenvalue weighted by atomic mass is 9.33. The molecular formula is C66H65BN2. The Hall–Kier alpha value is -6.58. The lowest BCUT2D eigenvalue weighted by Crippen LogP contribution is -2.61. The van der Waals surface area contributed by atoms with Crippen LogP contribution >= 0.6 is 0 Å². The first-order valence-electron chi connectivity index (χ1n) is 25.3. The minimum Gasteiger partial charge on any atom is -0.311 e. The molecule has 3 heteroatoms. The van der Waals surface area contributed by atoms with Crippen LogP contribution in [0.5, 0.6) is 0 Å². The van der Waals surface area contributed by atoms with Crippen molar-refractivity contribution in [2.24, 2.45) is 0 Å². The molecular weight excluding hydrogens is 832 g/mol. The van der Waals surface area contributed by atoms with Gasteiger partial charge in [0.1, 0.15) is 0 Å². The molecule has 0 bridgehead atoms. The van der Waals surface area contributed by atoms with E-state index in [-0.39, 0.29) is 33.8 Å².